The van der Waals surface area contributed by atoms with Gasteiger partial charge in [0.1, 0.15) is 0 Å². The fraction of sp³-hybridized carbons (Fsp3) is 0.909. The van der Waals surface area contributed by atoms with E-state index in [4.69, 9.17) is 0 Å². The Labute approximate surface area is 86.9 Å². The molecule has 0 saturated heterocycles. The molecule has 1 fully saturated rings. The second kappa shape index (κ2) is 6.02. The smallest absolute Gasteiger partial charge is 0.222 e. The molecule has 1 saturated carbocycles. The Kier molecular flexibility index (Phi) is 4.94. The van der Waals surface area contributed by atoms with E-state index in [2.05, 4.69) is 5.32 Å². The molecule has 0 radical (unpaired) electrons. The van der Waals surface area contributed by atoms with E-state index in [1.165, 1.54) is 25.7 Å². The molecule has 3 heteroatoms. The Bertz CT molecular complexity index is 174. The van der Waals surface area contributed by atoms with Crippen LogP contribution in [-0.2, 0) is 4.79 Å². The number of nitrogens with one attached hydrogen (secondary N) is 1. The van der Waals surface area contributed by atoms with E-state index in [0.29, 0.717) is 6.42 Å². The van der Waals surface area contributed by atoms with Gasteiger partial charge in [-0.15, -0.1) is 0 Å². The highest BCUT2D eigenvalue weighted by Crippen LogP contribution is 2.17. The van der Waals surface area contributed by atoms with E-state index in [-0.39, 0.29) is 5.91 Å². The van der Waals surface area contributed by atoms with Crippen LogP contribution in [-0.4, -0.2) is 37.5 Å². The third-order valence-corrected chi connectivity index (χ3v) is 2.85. The Hall–Kier alpha value is -0.570. The highest BCUT2D eigenvalue weighted by molar-refractivity contribution is 5.75. The maximum Gasteiger partial charge on any atom is 0.222 e. The van der Waals surface area contributed by atoms with Crippen molar-refractivity contribution in [2.45, 2.75) is 44.6 Å². The van der Waals surface area contributed by atoms with E-state index in [1.54, 1.807) is 4.90 Å². The van der Waals surface area contributed by atoms with Gasteiger partial charge in [-0.1, -0.05) is 12.8 Å². The minimum atomic E-state index is 0.234. The Morgan fingerprint density at radius 1 is 1.36 bits per heavy atom. The average Bonchev–Trinajstić information content (AvgIpc) is 2.64. The van der Waals surface area contributed by atoms with Gasteiger partial charge in [0.05, 0.1) is 0 Å². The molecule has 1 rings (SSSR count). The van der Waals surface area contributed by atoms with Crippen LogP contribution in [0.5, 0.6) is 0 Å². The first-order valence-corrected chi connectivity index (χ1v) is 5.63. The first-order chi connectivity index (χ1) is 6.70. The number of hydrogen-bond acceptors (Lipinski definition) is 2. The van der Waals surface area contributed by atoms with Crippen molar-refractivity contribution in [3.63, 3.8) is 0 Å². The predicted molar refractivity (Wildman–Crippen MR) is 58.2 cm³/mol. The van der Waals surface area contributed by atoms with Gasteiger partial charge < -0.3 is 10.2 Å². The zero-order chi connectivity index (χ0) is 10.4. The fourth-order valence-electron chi connectivity index (χ4n) is 1.90. The molecule has 0 atom stereocenters. The lowest BCUT2D eigenvalue weighted by molar-refractivity contribution is -0.128. The van der Waals surface area contributed by atoms with Gasteiger partial charge in [-0.3, -0.25) is 4.79 Å². The SMILES string of the molecule is CN(C)C(=O)CCCNC1CCCC1. The van der Waals surface area contributed by atoms with Crippen LogP contribution in [0.4, 0.5) is 0 Å². The molecule has 0 aromatic carbocycles. The van der Waals surface area contributed by atoms with E-state index in [0.717, 1.165) is 19.0 Å². The van der Waals surface area contributed by atoms with E-state index in [9.17, 15) is 4.79 Å². The highest BCUT2D eigenvalue weighted by atomic mass is 16.2. The Balaban J connectivity index is 1.96. The summed E-state index contributed by atoms with van der Waals surface area (Å²) in [7, 11) is 3.62. The molecule has 1 N–H and O–H groups in total. The molecule has 82 valence electrons. The molecule has 0 unspecified atom stereocenters. The molecule has 0 bridgehead atoms. The number of hydrogen-bond donors (Lipinski definition) is 1. The van der Waals surface area contributed by atoms with Gasteiger partial charge in [-0.2, -0.15) is 0 Å². The summed E-state index contributed by atoms with van der Waals surface area (Å²) in [5.41, 5.74) is 0. The summed E-state index contributed by atoms with van der Waals surface area (Å²) >= 11 is 0. The van der Waals surface area contributed by atoms with Gasteiger partial charge in [-0.05, 0) is 25.8 Å². The maximum absolute atomic E-state index is 11.2. The molecule has 1 amide bonds. The minimum Gasteiger partial charge on any atom is -0.349 e. The number of carbonyl (C=O) groups excluding carboxylic acids is 1. The molecule has 0 aromatic rings. The Morgan fingerprint density at radius 3 is 2.57 bits per heavy atom. The van der Waals surface area contributed by atoms with Crippen LogP contribution < -0.4 is 5.32 Å². The second-order valence-electron chi connectivity index (χ2n) is 4.33. The first kappa shape index (κ1) is 11.5. The molecule has 0 aliphatic heterocycles. The van der Waals surface area contributed by atoms with Crippen molar-refractivity contribution >= 4 is 5.91 Å². The molecule has 0 heterocycles. The largest absolute Gasteiger partial charge is 0.349 e. The minimum absolute atomic E-state index is 0.234. The molecule has 3 nitrogen and oxygen atoms in total. The van der Waals surface area contributed by atoms with Crippen LogP contribution in [0.3, 0.4) is 0 Å². The van der Waals surface area contributed by atoms with Crippen molar-refractivity contribution in [2.24, 2.45) is 0 Å². The third kappa shape index (κ3) is 4.09. The summed E-state index contributed by atoms with van der Waals surface area (Å²) in [4.78, 5) is 12.9. The first-order valence-electron chi connectivity index (χ1n) is 5.63. The van der Waals surface area contributed by atoms with Crippen LogP contribution in [0, 0.1) is 0 Å². The van der Waals surface area contributed by atoms with Gasteiger partial charge in [0.15, 0.2) is 0 Å². The van der Waals surface area contributed by atoms with Gasteiger partial charge >= 0.3 is 0 Å². The lowest BCUT2D eigenvalue weighted by atomic mass is 10.2. The van der Waals surface area contributed by atoms with Crippen molar-refractivity contribution in [3.8, 4) is 0 Å². The predicted octanol–water partition coefficient (Wildman–Crippen LogP) is 1.39. The van der Waals surface area contributed by atoms with Crippen LogP contribution >= 0.6 is 0 Å². The summed E-state index contributed by atoms with van der Waals surface area (Å²) in [5, 5.41) is 3.51. The van der Waals surface area contributed by atoms with E-state index >= 15 is 0 Å². The zero-order valence-corrected chi connectivity index (χ0v) is 9.38. The summed E-state index contributed by atoms with van der Waals surface area (Å²) < 4.78 is 0. The molecule has 1 aliphatic carbocycles. The average molecular weight is 198 g/mol. The fourth-order valence-corrected chi connectivity index (χ4v) is 1.90. The van der Waals surface area contributed by atoms with Crippen molar-refractivity contribution in [2.75, 3.05) is 20.6 Å². The monoisotopic (exact) mass is 198 g/mol. The summed E-state index contributed by atoms with van der Waals surface area (Å²) in [6.07, 6.45) is 7.02. The molecule has 0 aromatic heterocycles. The number of amides is 1. The van der Waals surface area contributed by atoms with Crippen LogP contribution in [0.15, 0.2) is 0 Å². The third-order valence-electron chi connectivity index (χ3n) is 2.85. The lowest BCUT2D eigenvalue weighted by Crippen LogP contribution is -2.28. The van der Waals surface area contributed by atoms with Crippen LogP contribution in [0.25, 0.3) is 0 Å². The van der Waals surface area contributed by atoms with Gasteiger partial charge in [0.2, 0.25) is 5.91 Å². The number of nitrogens with zero attached hydrogens (tertiary/aromatic N) is 1. The van der Waals surface area contributed by atoms with Gasteiger partial charge in [-0.25, -0.2) is 0 Å². The van der Waals surface area contributed by atoms with Crippen molar-refractivity contribution in [1.82, 2.24) is 10.2 Å². The van der Waals surface area contributed by atoms with Crippen molar-refractivity contribution in [1.29, 1.82) is 0 Å². The maximum atomic E-state index is 11.2. The lowest BCUT2D eigenvalue weighted by Gasteiger charge is -2.13. The molecule has 0 spiro atoms. The van der Waals surface area contributed by atoms with Crippen LogP contribution in [0.2, 0.25) is 0 Å². The standard InChI is InChI=1S/C11H22N2O/c1-13(2)11(14)8-5-9-12-10-6-3-4-7-10/h10,12H,3-9H2,1-2H3. The zero-order valence-electron chi connectivity index (χ0n) is 9.38. The Morgan fingerprint density at radius 2 is 2.00 bits per heavy atom. The van der Waals surface area contributed by atoms with Crippen molar-refractivity contribution < 1.29 is 4.79 Å². The van der Waals surface area contributed by atoms with Gasteiger partial charge in [0, 0.05) is 26.6 Å². The number of rotatable bonds is 5. The second-order valence-corrected chi connectivity index (χ2v) is 4.33. The summed E-state index contributed by atoms with van der Waals surface area (Å²) in [6, 6.07) is 0.726. The van der Waals surface area contributed by atoms with Gasteiger partial charge in [0.25, 0.3) is 0 Å². The van der Waals surface area contributed by atoms with Crippen molar-refractivity contribution in [3.05, 3.63) is 0 Å². The molecule has 1 aliphatic rings. The number of carbonyl (C=O) groups is 1. The molecular formula is C11H22N2O. The topological polar surface area (TPSA) is 32.3 Å². The summed E-state index contributed by atoms with van der Waals surface area (Å²) in [6.45, 7) is 0.990. The van der Waals surface area contributed by atoms with E-state index in [1.807, 2.05) is 14.1 Å². The summed E-state index contributed by atoms with van der Waals surface area (Å²) in [5.74, 6) is 0.234. The van der Waals surface area contributed by atoms with Crippen LogP contribution in [0.1, 0.15) is 38.5 Å². The highest BCUT2D eigenvalue weighted by Gasteiger charge is 2.13. The van der Waals surface area contributed by atoms with E-state index < -0.39 is 0 Å². The quantitative estimate of drug-likeness (QED) is 0.677. The normalized spacial score (nSPS) is 17.3. The molecular weight excluding hydrogens is 176 g/mol. The molecule has 14 heavy (non-hydrogen) atoms.